The second-order valence-corrected chi connectivity index (χ2v) is 6.30. The van der Waals surface area contributed by atoms with Crippen molar-refractivity contribution in [1.82, 2.24) is 9.97 Å². The van der Waals surface area contributed by atoms with Crippen molar-refractivity contribution in [1.29, 1.82) is 5.26 Å². The van der Waals surface area contributed by atoms with Gasteiger partial charge in [-0.1, -0.05) is 37.3 Å². The first-order valence-corrected chi connectivity index (χ1v) is 7.46. The van der Waals surface area contributed by atoms with Gasteiger partial charge in [-0.2, -0.15) is 5.26 Å². The Kier molecular flexibility index (Phi) is 3.22. The summed E-state index contributed by atoms with van der Waals surface area (Å²) in [5.41, 5.74) is 0.421. The van der Waals surface area contributed by atoms with Crippen molar-refractivity contribution < 1.29 is 0 Å². The van der Waals surface area contributed by atoms with Crippen molar-refractivity contribution in [2.24, 2.45) is 11.8 Å². The van der Waals surface area contributed by atoms with Crippen LogP contribution in [0.4, 0.5) is 0 Å². The molecule has 1 heterocycles. The van der Waals surface area contributed by atoms with Crippen LogP contribution in [0.15, 0.2) is 6.07 Å². The lowest BCUT2D eigenvalue weighted by Gasteiger charge is -2.28. The number of nitrogens with zero attached hydrogens (tertiary/aromatic N) is 3. The summed E-state index contributed by atoms with van der Waals surface area (Å²) in [4.78, 5) is 8.65. The number of aryl methyl sites for hydroxylation is 1. The van der Waals surface area contributed by atoms with Gasteiger partial charge in [0.05, 0.1) is 11.8 Å². The van der Waals surface area contributed by atoms with Gasteiger partial charge in [0.25, 0.3) is 0 Å². The lowest BCUT2D eigenvalue weighted by atomic mass is 9.74. The Balaban J connectivity index is 2.04. The maximum atomic E-state index is 9.84. The smallest absolute Gasteiger partial charge is 0.133 e. The maximum Gasteiger partial charge on any atom is 0.133 e. The Morgan fingerprint density at radius 3 is 2.95 bits per heavy atom. The number of fused-ring (bicyclic) bond motifs is 1. The minimum Gasteiger partial charge on any atom is -0.236 e. The Morgan fingerprint density at radius 2 is 2.21 bits per heavy atom. The van der Waals surface area contributed by atoms with Crippen LogP contribution in [0.25, 0.3) is 0 Å². The Labute approximate surface area is 119 Å². The zero-order valence-electron chi connectivity index (χ0n) is 11.2. The van der Waals surface area contributed by atoms with Crippen LogP contribution in [0.3, 0.4) is 0 Å². The molecule has 0 radical (unpaired) electrons. The molecule has 2 aliphatic carbocycles. The van der Waals surface area contributed by atoms with Gasteiger partial charge in [-0.3, -0.25) is 0 Å². The largest absolute Gasteiger partial charge is 0.236 e. The van der Waals surface area contributed by atoms with Gasteiger partial charge in [0.15, 0.2) is 0 Å². The van der Waals surface area contributed by atoms with Gasteiger partial charge in [-0.25, -0.2) is 9.97 Å². The van der Waals surface area contributed by atoms with Crippen LogP contribution in [0.5, 0.6) is 0 Å². The van der Waals surface area contributed by atoms with Gasteiger partial charge in [0, 0.05) is 0 Å². The molecule has 19 heavy (non-hydrogen) atoms. The fraction of sp³-hybridized carbons (Fsp3) is 0.667. The third-order valence-corrected chi connectivity index (χ3v) is 4.86. The van der Waals surface area contributed by atoms with Gasteiger partial charge in [-0.15, -0.1) is 0 Å². The monoisotopic (exact) mass is 275 g/mol. The molecule has 0 N–H and O–H groups in total. The zero-order valence-corrected chi connectivity index (χ0v) is 12.0. The van der Waals surface area contributed by atoms with Crippen molar-refractivity contribution in [3.05, 3.63) is 22.7 Å². The van der Waals surface area contributed by atoms with Gasteiger partial charge >= 0.3 is 0 Å². The van der Waals surface area contributed by atoms with Crippen LogP contribution in [0.1, 0.15) is 50.0 Å². The molecule has 0 aliphatic heterocycles. The summed E-state index contributed by atoms with van der Waals surface area (Å²) in [7, 11) is 0. The number of hydrogen-bond acceptors (Lipinski definition) is 3. The second-order valence-electron chi connectivity index (χ2n) is 5.91. The van der Waals surface area contributed by atoms with Crippen molar-refractivity contribution in [3.63, 3.8) is 0 Å². The minimum absolute atomic E-state index is 0.428. The standard InChI is InChI=1S/C15H18ClN3/c1-10-18-13(8-14(16)19-10)15(9-17)6-4-2-3-5-11-7-12(11)15/h8,11-12H,2-7H2,1H3. The predicted octanol–water partition coefficient (Wildman–Crippen LogP) is 3.80. The average Bonchev–Trinajstić information content (AvgIpc) is 3.08. The molecule has 4 heteroatoms. The summed E-state index contributed by atoms with van der Waals surface area (Å²) >= 11 is 6.06. The fourth-order valence-electron chi connectivity index (χ4n) is 3.62. The Morgan fingerprint density at radius 1 is 1.37 bits per heavy atom. The van der Waals surface area contributed by atoms with Gasteiger partial charge in [0.1, 0.15) is 16.4 Å². The molecule has 100 valence electrons. The molecule has 0 aromatic carbocycles. The highest BCUT2D eigenvalue weighted by atomic mass is 35.5. The molecule has 0 spiro atoms. The summed E-state index contributed by atoms with van der Waals surface area (Å²) in [5.74, 6) is 1.86. The molecule has 3 unspecified atom stereocenters. The minimum atomic E-state index is -0.428. The summed E-state index contributed by atoms with van der Waals surface area (Å²) in [6, 6.07) is 4.40. The molecule has 2 aliphatic rings. The van der Waals surface area contributed by atoms with Crippen LogP contribution in [0.2, 0.25) is 5.15 Å². The Hall–Kier alpha value is -1.14. The third-order valence-electron chi connectivity index (χ3n) is 4.66. The molecule has 1 aromatic heterocycles. The quantitative estimate of drug-likeness (QED) is 0.733. The summed E-state index contributed by atoms with van der Waals surface area (Å²) in [6.07, 6.45) is 7.01. The van der Waals surface area contributed by atoms with Gasteiger partial charge < -0.3 is 0 Å². The molecular weight excluding hydrogens is 258 g/mol. The topological polar surface area (TPSA) is 49.6 Å². The van der Waals surface area contributed by atoms with E-state index in [0.29, 0.717) is 22.8 Å². The number of rotatable bonds is 1. The van der Waals surface area contributed by atoms with E-state index < -0.39 is 5.41 Å². The number of halogens is 1. The summed E-state index contributed by atoms with van der Waals surface area (Å²) in [6.45, 7) is 1.84. The van der Waals surface area contributed by atoms with Crippen LogP contribution >= 0.6 is 11.6 Å². The predicted molar refractivity (Wildman–Crippen MR) is 73.8 cm³/mol. The van der Waals surface area contributed by atoms with Crippen molar-refractivity contribution in [2.45, 2.75) is 50.9 Å². The Bertz CT molecular complexity index is 516. The summed E-state index contributed by atoms with van der Waals surface area (Å²) < 4.78 is 0. The van der Waals surface area contributed by atoms with Crippen molar-refractivity contribution >= 4 is 11.6 Å². The lowest BCUT2D eigenvalue weighted by Crippen LogP contribution is -2.30. The first kappa shape index (κ1) is 12.9. The number of hydrogen-bond donors (Lipinski definition) is 0. The molecule has 0 amide bonds. The average molecular weight is 276 g/mol. The normalized spacial score (nSPS) is 33.7. The van der Waals surface area contributed by atoms with Crippen LogP contribution < -0.4 is 0 Å². The highest BCUT2D eigenvalue weighted by Gasteiger charge is 2.54. The molecule has 1 aromatic rings. The molecule has 3 rings (SSSR count). The SMILES string of the molecule is Cc1nc(Cl)cc(C2(C#N)CCCCCC3CC32)n1. The van der Waals surface area contributed by atoms with Gasteiger partial charge in [0.2, 0.25) is 0 Å². The van der Waals surface area contributed by atoms with Crippen LogP contribution in [0, 0.1) is 30.1 Å². The van der Waals surface area contributed by atoms with E-state index in [1.54, 1.807) is 6.07 Å². The van der Waals surface area contributed by atoms with Crippen molar-refractivity contribution in [3.8, 4) is 6.07 Å². The van der Waals surface area contributed by atoms with E-state index in [1.165, 1.54) is 25.7 Å². The molecule has 0 saturated heterocycles. The molecule has 0 bridgehead atoms. The second kappa shape index (κ2) is 4.76. The zero-order chi connectivity index (χ0) is 13.5. The van der Waals surface area contributed by atoms with E-state index in [4.69, 9.17) is 11.6 Å². The molecule has 2 saturated carbocycles. The van der Waals surface area contributed by atoms with E-state index in [-0.39, 0.29) is 0 Å². The highest BCUT2D eigenvalue weighted by Crippen LogP contribution is 2.57. The first-order valence-electron chi connectivity index (χ1n) is 7.08. The van der Waals surface area contributed by atoms with E-state index >= 15 is 0 Å². The van der Waals surface area contributed by atoms with E-state index in [9.17, 15) is 5.26 Å². The van der Waals surface area contributed by atoms with E-state index in [0.717, 1.165) is 18.5 Å². The van der Waals surface area contributed by atoms with E-state index in [2.05, 4.69) is 16.0 Å². The molecule has 3 atom stereocenters. The van der Waals surface area contributed by atoms with E-state index in [1.807, 2.05) is 6.92 Å². The number of aromatic nitrogens is 2. The lowest BCUT2D eigenvalue weighted by molar-refractivity contribution is 0.355. The van der Waals surface area contributed by atoms with Crippen molar-refractivity contribution in [2.75, 3.05) is 0 Å². The maximum absolute atomic E-state index is 9.84. The van der Waals surface area contributed by atoms with Crippen LogP contribution in [-0.4, -0.2) is 9.97 Å². The molecular formula is C15H18ClN3. The fourth-order valence-corrected chi connectivity index (χ4v) is 3.84. The number of nitriles is 1. The molecule has 2 fully saturated rings. The highest BCUT2D eigenvalue weighted by molar-refractivity contribution is 6.29. The summed E-state index contributed by atoms with van der Waals surface area (Å²) in [5, 5.41) is 10.3. The molecule has 3 nitrogen and oxygen atoms in total. The third kappa shape index (κ3) is 2.23. The van der Waals surface area contributed by atoms with Gasteiger partial charge in [-0.05, 0) is 37.7 Å². The van der Waals surface area contributed by atoms with Crippen LogP contribution in [-0.2, 0) is 5.41 Å². The first-order chi connectivity index (χ1) is 9.15.